The molecule has 0 saturated heterocycles. The quantitative estimate of drug-likeness (QED) is 0.592. The smallest absolute Gasteiger partial charge is 0.319 e. The molecule has 9 heteroatoms. The fourth-order valence-corrected chi connectivity index (χ4v) is 2.21. The lowest BCUT2D eigenvalue weighted by molar-refractivity contribution is 0.252. The van der Waals surface area contributed by atoms with E-state index >= 15 is 0 Å². The molecule has 7 nitrogen and oxygen atoms in total. The molecule has 3 N–H and O–H groups in total. The van der Waals surface area contributed by atoms with Gasteiger partial charge < -0.3 is 20.5 Å². The van der Waals surface area contributed by atoms with Gasteiger partial charge in [-0.2, -0.15) is 0 Å². The average molecular weight is 358 g/mol. The van der Waals surface area contributed by atoms with Gasteiger partial charge in [0.25, 0.3) is 0 Å². The SMILES string of the molecule is O=C(NCCNc1cc(-n2cccc2)ncn1)Nc1c(F)cccc1F. The Kier molecular flexibility index (Phi) is 5.37. The monoisotopic (exact) mass is 358 g/mol. The first-order valence-corrected chi connectivity index (χ1v) is 7.81. The van der Waals surface area contributed by atoms with Crippen LogP contribution in [0.15, 0.2) is 55.1 Å². The molecule has 0 unspecified atom stereocenters. The summed E-state index contributed by atoms with van der Waals surface area (Å²) in [5.41, 5.74) is -0.481. The van der Waals surface area contributed by atoms with Gasteiger partial charge in [0.05, 0.1) is 0 Å². The van der Waals surface area contributed by atoms with E-state index in [1.54, 1.807) is 6.07 Å². The third-order valence-corrected chi connectivity index (χ3v) is 3.44. The lowest BCUT2D eigenvalue weighted by atomic mass is 10.3. The number of anilines is 2. The molecule has 3 rings (SSSR count). The number of hydrogen-bond donors (Lipinski definition) is 3. The van der Waals surface area contributed by atoms with Crippen molar-refractivity contribution >= 4 is 17.5 Å². The highest BCUT2D eigenvalue weighted by Crippen LogP contribution is 2.17. The summed E-state index contributed by atoms with van der Waals surface area (Å²) in [5.74, 6) is -0.382. The minimum Gasteiger partial charge on any atom is -0.368 e. The summed E-state index contributed by atoms with van der Waals surface area (Å²) in [7, 11) is 0. The molecule has 3 aromatic rings. The predicted molar refractivity (Wildman–Crippen MR) is 93.2 cm³/mol. The maximum absolute atomic E-state index is 13.5. The van der Waals surface area contributed by atoms with Crippen LogP contribution >= 0.6 is 0 Å². The second-order valence-electron chi connectivity index (χ2n) is 5.26. The fraction of sp³-hybridized carbons (Fsp3) is 0.118. The first kappa shape index (κ1) is 17.3. The summed E-state index contributed by atoms with van der Waals surface area (Å²) < 4.78 is 28.8. The number of carbonyl (C=O) groups is 1. The average Bonchev–Trinajstić information content (AvgIpc) is 3.17. The third-order valence-electron chi connectivity index (χ3n) is 3.44. The van der Waals surface area contributed by atoms with E-state index in [0.29, 0.717) is 18.2 Å². The Balaban J connectivity index is 1.47. The number of rotatable bonds is 6. The third kappa shape index (κ3) is 4.32. The molecule has 2 heterocycles. The van der Waals surface area contributed by atoms with Crippen molar-refractivity contribution in [2.45, 2.75) is 0 Å². The highest BCUT2D eigenvalue weighted by atomic mass is 19.1. The van der Waals surface area contributed by atoms with Gasteiger partial charge in [0.2, 0.25) is 0 Å². The zero-order valence-electron chi connectivity index (χ0n) is 13.6. The lowest BCUT2D eigenvalue weighted by Gasteiger charge is -2.10. The second kappa shape index (κ2) is 8.06. The van der Waals surface area contributed by atoms with Crippen LogP contribution in [0.5, 0.6) is 0 Å². The molecule has 0 aliphatic heterocycles. The van der Waals surface area contributed by atoms with E-state index in [-0.39, 0.29) is 6.54 Å². The number of nitrogens with zero attached hydrogens (tertiary/aromatic N) is 3. The van der Waals surface area contributed by atoms with Gasteiger partial charge in [0, 0.05) is 31.5 Å². The van der Waals surface area contributed by atoms with Crippen LogP contribution in [0.3, 0.4) is 0 Å². The second-order valence-corrected chi connectivity index (χ2v) is 5.26. The molecule has 0 atom stereocenters. The summed E-state index contributed by atoms with van der Waals surface area (Å²) in [6, 6.07) is 8.18. The van der Waals surface area contributed by atoms with E-state index in [1.165, 1.54) is 12.4 Å². The highest BCUT2D eigenvalue weighted by molar-refractivity contribution is 5.89. The molecular formula is C17H16F2N6O. The Labute approximate surface area is 148 Å². The van der Waals surface area contributed by atoms with Crippen LogP contribution in [-0.4, -0.2) is 33.7 Å². The zero-order valence-corrected chi connectivity index (χ0v) is 13.6. The molecule has 0 radical (unpaired) electrons. The van der Waals surface area contributed by atoms with Crippen molar-refractivity contribution in [1.82, 2.24) is 19.9 Å². The Morgan fingerprint density at radius 3 is 2.50 bits per heavy atom. The Morgan fingerprint density at radius 1 is 1.04 bits per heavy atom. The van der Waals surface area contributed by atoms with Crippen LogP contribution in [0.2, 0.25) is 0 Å². The van der Waals surface area contributed by atoms with Gasteiger partial charge in [-0.25, -0.2) is 23.5 Å². The Morgan fingerprint density at radius 2 is 1.77 bits per heavy atom. The summed E-state index contributed by atoms with van der Waals surface area (Å²) in [5, 5.41) is 7.69. The van der Waals surface area contributed by atoms with Crippen LogP contribution in [0.1, 0.15) is 0 Å². The molecule has 2 aromatic heterocycles. The van der Waals surface area contributed by atoms with Crippen LogP contribution in [0, 0.1) is 11.6 Å². The van der Waals surface area contributed by atoms with E-state index in [9.17, 15) is 13.6 Å². The van der Waals surface area contributed by atoms with Gasteiger partial charge in [0.1, 0.15) is 35.3 Å². The van der Waals surface area contributed by atoms with Crippen molar-refractivity contribution in [3.63, 3.8) is 0 Å². The molecule has 1 aromatic carbocycles. The number of aromatic nitrogens is 3. The topological polar surface area (TPSA) is 83.9 Å². The van der Waals surface area contributed by atoms with E-state index < -0.39 is 23.4 Å². The predicted octanol–water partition coefficient (Wildman–Crippen LogP) is 2.78. The minimum atomic E-state index is -0.836. The largest absolute Gasteiger partial charge is 0.368 e. The molecule has 134 valence electrons. The van der Waals surface area contributed by atoms with Crippen molar-refractivity contribution in [1.29, 1.82) is 0 Å². The summed E-state index contributed by atoms with van der Waals surface area (Å²) >= 11 is 0. The Hall–Kier alpha value is -3.49. The number of amides is 2. The Bertz CT molecular complexity index is 864. The van der Waals surface area contributed by atoms with Crippen LogP contribution in [0.25, 0.3) is 5.82 Å². The summed E-state index contributed by atoms with van der Waals surface area (Å²) in [4.78, 5) is 20.0. The maximum atomic E-state index is 13.5. The van der Waals surface area contributed by atoms with Gasteiger partial charge in [-0.1, -0.05) is 6.07 Å². The van der Waals surface area contributed by atoms with E-state index in [2.05, 4.69) is 25.9 Å². The number of hydrogen-bond acceptors (Lipinski definition) is 4. The van der Waals surface area contributed by atoms with Gasteiger partial charge >= 0.3 is 6.03 Å². The van der Waals surface area contributed by atoms with Crippen molar-refractivity contribution in [3.8, 4) is 5.82 Å². The molecular weight excluding hydrogens is 342 g/mol. The van der Waals surface area contributed by atoms with E-state index in [1.807, 2.05) is 29.1 Å². The van der Waals surface area contributed by atoms with Crippen molar-refractivity contribution in [3.05, 3.63) is 66.8 Å². The maximum Gasteiger partial charge on any atom is 0.319 e. The summed E-state index contributed by atoms with van der Waals surface area (Å²) in [6.45, 7) is 0.597. The minimum absolute atomic E-state index is 0.227. The number of carbonyl (C=O) groups excluding carboxylic acids is 1. The summed E-state index contributed by atoms with van der Waals surface area (Å²) in [6.07, 6.45) is 5.15. The first-order valence-electron chi connectivity index (χ1n) is 7.81. The van der Waals surface area contributed by atoms with Crippen molar-refractivity contribution in [2.75, 3.05) is 23.7 Å². The molecule has 0 aliphatic rings. The number of halogens is 2. The molecule has 0 aliphatic carbocycles. The number of benzene rings is 1. The molecule has 2 amide bonds. The van der Waals surface area contributed by atoms with E-state index in [4.69, 9.17) is 0 Å². The van der Waals surface area contributed by atoms with Crippen molar-refractivity contribution in [2.24, 2.45) is 0 Å². The van der Waals surface area contributed by atoms with E-state index in [0.717, 1.165) is 12.1 Å². The zero-order chi connectivity index (χ0) is 18.4. The molecule has 26 heavy (non-hydrogen) atoms. The van der Waals surface area contributed by atoms with Gasteiger partial charge in [-0.3, -0.25) is 0 Å². The standard InChI is InChI=1S/C17H16F2N6O/c18-12-4-3-5-13(19)16(12)24-17(26)21-7-6-20-14-10-15(23-11-22-14)25-8-1-2-9-25/h1-5,8-11H,6-7H2,(H,20,22,23)(H2,21,24,26). The highest BCUT2D eigenvalue weighted by Gasteiger charge is 2.11. The fourth-order valence-electron chi connectivity index (χ4n) is 2.21. The molecule has 0 spiro atoms. The normalized spacial score (nSPS) is 10.4. The number of nitrogens with one attached hydrogen (secondary N) is 3. The molecule has 0 bridgehead atoms. The van der Waals surface area contributed by atoms with Crippen LogP contribution in [-0.2, 0) is 0 Å². The first-order chi connectivity index (χ1) is 12.6. The van der Waals surface area contributed by atoms with Gasteiger partial charge in [-0.15, -0.1) is 0 Å². The number of para-hydroxylation sites is 1. The molecule has 0 saturated carbocycles. The van der Waals surface area contributed by atoms with Crippen LogP contribution in [0.4, 0.5) is 25.1 Å². The van der Waals surface area contributed by atoms with Crippen molar-refractivity contribution < 1.29 is 13.6 Å². The number of urea groups is 1. The molecule has 0 fully saturated rings. The van der Waals surface area contributed by atoms with Gasteiger partial charge in [0.15, 0.2) is 0 Å². The lowest BCUT2D eigenvalue weighted by Crippen LogP contribution is -2.33. The van der Waals surface area contributed by atoms with Gasteiger partial charge in [-0.05, 0) is 24.3 Å². The van der Waals surface area contributed by atoms with Crippen LogP contribution < -0.4 is 16.0 Å².